The number of hydrogen-bond donors (Lipinski definition) is 0. The van der Waals surface area contributed by atoms with Crippen molar-refractivity contribution in [3.8, 4) is 17.5 Å². The van der Waals surface area contributed by atoms with Crippen molar-refractivity contribution < 1.29 is 0 Å². The van der Waals surface area contributed by atoms with Crippen molar-refractivity contribution in [2.75, 3.05) is 0 Å². The number of fused-ring (bicyclic) bond motifs is 1. The van der Waals surface area contributed by atoms with Crippen molar-refractivity contribution in [2.24, 2.45) is 0 Å². The van der Waals surface area contributed by atoms with Gasteiger partial charge >= 0.3 is 0 Å². The second kappa shape index (κ2) is 3.68. The fourth-order valence-corrected chi connectivity index (χ4v) is 1.57. The zero-order valence-corrected chi connectivity index (χ0v) is 8.78. The first-order valence-electron chi connectivity index (χ1n) is 5.04. The molecule has 0 aliphatic heterocycles. The SMILES string of the molecule is N#Cc1ccc2nc(-c3ccncc3)nn2c1. The lowest BCUT2D eigenvalue weighted by Gasteiger charge is -1.91. The first kappa shape index (κ1) is 9.48. The zero-order valence-electron chi connectivity index (χ0n) is 8.78. The van der Waals surface area contributed by atoms with Gasteiger partial charge in [0.25, 0.3) is 0 Å². The Kier molecular flexibility index (Phi) is 2.06. The number of aromatic nitrogens is 4. The normalized spacial score (nSPS) is 10.3. The van der Waals surface area contributed by atoms with Gasteiger partial charge in [0.15, 0.2) is 11.5 Å². The molecular weight excluding hydrogens is 214 g/mol. The van der Waals surface area contributed by atoms with Gasteiger partial charge in [0.2, 0.25) is 0 Å². The van der Waals surface area contributed by atoms with Crippen LogP contribution in [0.3, 0.4) is 0 Å². The molecule has 0 N–H and O–H groups in total. The van der Waals surface area contributed by atoms with Gasteiger partial charge in [0.1, 0.15) is 6.07 Å². The number of nitriles is 1. The third kappa shape index (κ3) is 1.62. The van der Waals surface area contributed by atoms with Crippen molar-refractivity contribution in [3.63, 3.8) is 0 Å². The first-order chi connectivity index (χ1) is 8.36. The lowest BCUT2D eigenvalue weighted by Crippen LogP contribution is -1.88. The summed E-state index contributed by atoms with van der Waals surface area (Å²) in [7, 11) is 0. The van der Waals surface area contributed by atoms with Crippen molar-refractivity contribution in [1.29, 1.82) is 5.26 Å². The smallest absolute Gasteiger partial charge is 0.182 e. The molecule has 3 aromatic heterocycles. The maximum Gasteiger partial charge on any atom is 0.182 e. The Morgan fingerprint density at radius 3 is 2.71 bits per heavy atom. The van der Waals surface area contributed by atoms with Gasteiger partial charge in [-0.3, -0.25) is 4.98 Å². The summed E-state index contributed by atoms with van der Waals surface area (Å²) in [5.41, 5.74) is 2.18. The highest BCUT2D eigenvalue weighted by atomic mass is 15.3. The van der Waals surface area contributed by atoms with E-state index in [4.69, 9.17) is 5.26 Å². The van der Waals surface area contributed by atoms with E-state index < -0.39 is 0 Å². The molecule has 3 aromatic rings. The van der Waals surface area contributed by atoms with Crippen molar-refractivity contribution in [1.82, 2.24) is 19.6 Å². The third-order valence-corrected chi connectivity index (χ3v) is 2.40. The average molecular weight is 221 g/mol. The van der Waals surface area contributed by atoms with Crippen LogP contribution in [0.1, 0.15) is 5.56 Å². The Hall–Kier alpha value is -2.74. The van der Waals surface area contributed by atoms with Gasteiger partial charge in [-0.1, -0.05) is 0 Å². The molecule has 0 saturated heterocycles. The van der Waals surface area contributed by atoms with E-state index in [-0.39, 0.29) is 0 Å². The van der Waals surface area contributed by atoms with Gasteiger partial charge in [-0.25, -0.2) is 9.50 Å². The summed E-state index contributed by atoms with van der Waals surface area (Å²) in [6.07, 6.45) is 5.05. The fraction of sp³-hybridized carbons (Fsp3) is 0. The van der Waals surface area contributed by atoms with Gasteiger partial charge in [0, 0.05) is 24.2 Å². The molecule has 3 rings (SSSR count). The molecule has 0 spiro atoms. The summed E-state index contributed by atoms with van der Waals surface area (Å²) in [5.74, 6) is 0.627. The van der Waals surface area contributed by atoms with Gasteiger partial charge in [-0.05, 0) is 24.3 Å². The maximum atomic E-state index is 8.80. The zero-order chi connectivity index (χ0) is 11.7. The standard InChI is InChI=1S/C12H7N5/c13-7-9-1-2-11-15-12(16-17(11)8-9)10-3-5-14-6-4-10/h1-6,8H. The van der Waals surface area contributed by atoms with Gasteiger partial charge in [0.05, 0.1) is 5.56 Å². The topological polar surface area (TPSA) is 66.9 Å². The van der Waals surface area contributed by atoms with Crippen LogP contribution in [-0.2, 0) is 0 Å². The number of nitrogens with zero attached hydrogens (tertiary/aromatic N) is 5. The molecule has 5 nitrogen and oxygen atoms in total. The molecule has 0 aliphatic carbocycles. The Balaban J connectivity index is 2.18. The third-order valence-electron chi connectivity index (χ3n) is 2.40. The molecule has 3 heterocycles. The minimum Gasteiger partial charge on any atom is -0.265 e. The molecule has 0 bridgehead atoms. The molecule has 0 unspecified atom stereocenters. The van der Waals surface area contributed by atoms with Crippen LogP contribution in [0.2, 0.25) is 0 Å². The summed E-state index contributed by atoms with van der Waals surface area (Å²) in [5, 5.41) is 13.1. The van der Waals surface area contributed by atoms with Crippen LogP contribution in [0.25, 0.3) is 17.0 Å². The minimum atomic E-state index is 0.559. The molecule has 80 valence electrons. The van der Waals surface area contributed by atoms with E-state index in [1.807, 2.05) is 12.1 Å². The van der Waals surface area contributed by atoms with E-state index in [1.165, 1.54) is 0 Å². The highest BCUT2D eigenvalue weighted by Gasteiger charge is 2.05. The molecule has 0 atom stereocenters. The van der Waals surface area contributed by atoms with E-state index in [1.54, 1.807) is 35.2 Å². The van der Waals surface area contributed by atoms with Crippen LogP contribution in [-0.4, -0.2) is 19.6 Å². The molecule has 0 radical (unpaired) electrons. The molecule has 0 fully saturated rings. The predicted octanol–water partition coefficient (Wildman–Crippen LogP) is 1.66. The molecule has 0 saturated carbocycles. The summed E-state index contributed by atoms with van der Waals surface area (Å²) in [6.45, 7) is 0. The van der Waals surface area contributed by atoms with Crippen LogP contribution >= 0.6 is 0 Å². The largest absolute Gasteiger partial charge is 0.265 e. The van der Waals surface area contributed by atoms with E-state index in [0.717, 1.165) is 11.2 Å². The average Bonchev–Trinajstić information content (AvgIpc) is 2.82. The quantitative estimate of drug-likeness (QED) is 0.626. The molecule has 17 heavy (non-hydrogen) atoms. The summed E-state index contributed by atoms with van der Waals surface area (Å²) in [4.78, 5) is 8.32. The summed E-state index contributed by atoms with van der Waals surface area (Å²) < 4.78 is 1.61. The minimum absolute atomic E-state index is 0.559. The Labute approximate surface area is 97.0 Å². The van der Waals surface area contributed by atoms with E-state index >= 15 is 0 Å². The van der Waals surface area contributed by atoms with Crippen LogP contribution in [0.4, 0.5) is 0 Å². The monoisotopic (exact) mass is 221 g/mol. The van der Waals surface area contributed by atoms with E-state index in [9.17, 15) is 0 Å². The van der Waals surface area contributed by atoms with Crippen LogP contribution < -0.4 is 0 Å². The lowest BCUT2D eigenvalue weighted by molar-refractivity contribution is 0.961. The predicted molar refractivity (Wildman–Crippen MR) is 60.9 cm³/mol. The van der Waals surface area contributed by atoms with Crippen molar-refractivity contribution >= 4 is 5.65 Å². The van der Waals surface area contributed by atoms with Crippen LogP contribution in [0.15, 0.2) is 42.9 Å². The Bertz CT molecular complexity index is 709. The van der Waals surface area contributed by atoms with Crippen molar-refractivity contribution in [2.45, 2.75) is 0 Å². The summed E-state index contributed by atoms with van der Waals surface area (Å²) in [6, 6.07) is 9.26. The first-order valence-corrected chi connectivity index (χ1v) is 5.04. The van der Waals surface area contributed by atoms with E-state index in [2.05, 4.69) is 21.1 Å². The molecule has 0 amide bonds. The number of hydrogen-bond acceptors (Lipinski definition) is 4. The second-order valence-corrected chi connectivity index (χ2v) is 3.50. The van der Waals surface area contributed by atoms with Crippen LogP contribution in [0.5, 0.6) is 0 Å². The van der Waals surface area contributed by atoms with Gasteiger partial charge in [-0.15, -0.1) is 5.10 Å². The lowest BCUT2D eigenvalue weighted by atomic mass is 10.2. The molecular formula is C12H7N5. The van der Waals surface area contributed by atoms with Crippen molar-refractivity contribution in [3.05, 3.63) is 48.4 Å². The fourth-order valence-electron chi connectivity index (χ4n) is 1.57. The van der Waals surface area contributed by atoms with Gasteiger partial charge in [-0.2, -0.15) is 5.26 Å². The number of rotatable bonds is 1. The Morgan fingerprint density at radius 2 is 1.94 bits per heavy atom. The highest BCUT2D eigenvalue weighted by molar-refractivity contribution is 5.57. The Morgan fingerprint density at radius 1 is 1.12 bits per heavy atom. The number of pyridine rings is 2. The molecule has 5 heteroatoms. The van der Waals surface area contributed by atoms with Crippen LogP contribution in [0, 0.1) is 11.3 Å². The van der Waals surface area contributed by atoms with Gasteiger partial charge < -0.3 is 0 Å². The molecule has 0 aromatic carbocycles. The summed E-state index contributed by atoms with van der Waals surface area (Å²) >= 11 is 0. The van der Waals surface area contributed by atoms with E-state index in [0.29, 0.717) is 11.4 Å². The molecule has 0 aliphatic rings. The maximum absolute atomic E-state index is 8.80. The highest BCUT2D eigenvalue weighted by Crippen LogP contribution is 2.15. The second-order valence-electron chi connectivity index (χ2n) is 3.50.